The number of allylic oxidation sites excluding steroid dienone is 1. The highest BCUT2D eigenvalue weighted by atomic mass is 35.5. The van der Waals surface area contributed by atoms with Gasteiger partial charge in [-0.15, -0.1) is 16.8 Å². The molecular formula is C21H18ClF3N4O2S. The van der Waals surface area contributed by atoms with Gasteiger partial charge in [-0.25, -0.2) is 13.2 Å². The minimum atomic E-state index is -0.870. The number of nitrogens with zero attached hydrogens (tertiary/aromatic N) is 3. The van der Waals surface area contributed by atoms with E-state index in [1.54, 1.807) is 17.6 Å². The fourth-order valence-electron chi connectivity index (χ4n) is 2.73. The van der Waals surface area contributed by atoms with Crippen LogP contribution in [0.4, 0.5) is 18.9 Å². The zero-order valence-corrected chi connectivity index (χ0v) is 18.4. The minimum Gasteiger partial charge on any atom is -0.481 e. The topological polar surface area (TPSA) is 69.0 Å². The van der Waals surface area contributed by atoms with Crippen LogP contribution in [0.2, 0.25) is 5.02 Å². The normalized spacial score (nSPS) is 11.8. The molecule has 2 aromatic carbocycles. The first kappa shape index (κ1) is 23.7. The Morgan fingerprint density at radius 3 is 2.66 bits per heavy atom. The van der Waals surface area contributed by atoms with Crippen molar-refractivity contribution in [3.05, 3.63) is 77.4 Å². The van der Waals surface area contributed by atoms with E-state index in [0.717, 1.165) is 30.0 Å². The smallest absolute Gasteiger partial charge is 0.234 e. The molecule has 6 nitrogen and oxygen atoms in total. The van der Waals surface area contributed by atoms with Crippen LogP contribution < -0.4 is 10.1 Å². The van der Waals surface area contributed by atoms with Gasteiger partial charge in [0, 0.05) is 12.6 Å². The van der Waals surface area contributed by atoms with E-state index in [4.69, 9.17) is 16.3 Å². The second-order valence-corrected chi connectivity index (χ2v) is 7.89. The lowest BCUT2D eigenvalue weighted by Gasteiger charge is -2.16. The molecule has 3 rings (SSSR count). The molecule has 1 unspecified atom stereocenters. The summed E-state index contributed by atoms with van der Waals surface area (Å²) >= 11 is 7.09. The predicted molar refractivity (Wildman–Crippen MR) is 116 cm³/mol. The summed E-state index contributed by atoms with van der Waals surface area (Å²) in [4.78, 5) is 12.2. The molecule has 3 aromatic rings. The average molecular weight is 483 g/mol. The van der Waals surface area contributed by atoms with E-state index in [9.17, 15) is 18.0 Å². The van der Waals surface area contributed by atoms with Crippen LogP contribution in [-0.4, -0.2) is 26.4 Å². The highest BCUT2D eigenvalue weighted by Gasteiger charge is 2.21. The summed E-state index contributed by atoms with van der Waals surface area (Å²) in [6.07, 6.45) is 1.03. The quantitative estimate of drug-likeness (QED) is 0.326. The Balaban J connectivity index is 1.69. The van der Waals surface area contributed by atoms with Crippen molar-refractivity contribution in [1.29, 1.82) is 0 Å². The number of hydrogen-bond acceptors (Lipinski definition) is 5. The van der Waals surface area contributed by atoms with Crippen molar-refractivity contribution >= 4 is 35.0 Å². The van der Waals surface area contributed by atoms with Gasteiger partial charge in [0.05, 0.1) is 16.5 Å². The number of rotatable bonds is 9. The van der Waals surface area contributed by atoms with Crippen LogP contribution in [0.25, 0.3) is 0 Å². The van der Waals surface area contributed by atoms with Gasteiger partial charge in [-0.2, -0.15) is 0 Å². The summed E-state index contributed by atoms with van der Waals surface area (Å²) in [7, 11) is 0. The molecule has 32 heavy (non-hydrogen) atoms. The third-order valence-corrected chi connectivity index (χ3v) is 5.42. The first-order valence-corrected chi connectivity index (χ1v) is 10.7. The number of halogens is 4. The lowest BCUT2D eigenvalue weighted by atomic mass is 10.3. The summed E-state index contributed by atoms with van der Waals surface area (Å²) < 4.78 is 47.5. The van der Waals surface area contributed by atoms with E-state index >= 15 is 0 Å². The van der Waals surface area contributed by atoms with E-state index in [0.29, 0.717) is 23.6 Å². The molecule has 0 fully saturated rings. The molecule has 1 heterocycles. The van der Waals surface area contributed by atoms with Gasteiger partial charge >= 0.3 is 0 Å². The van der Waals surface area contributed by atoms with Crippen molar-refractivity contribution in [2.75, 3.05) is 11.1 Å². The second-order valence-electron chi connectivity index (χ2n) is 6.54. The van der Waals surface area contributed by atoms with E-state index < -0.39 is 29.5 Å². The number of benzene rings is 2. The van der Waals surface area contributed by atoms with Crippen LogP contribution in [0.3, 0.4) is 0 Å². The molecule has 168 valence electrons. The zero-order chi connectivity index (χ0) is 23.3. The van der Waals surface area contributed by atoms with Crippen molar-refractivity contribution < 1.29 is 22.7 Å². The second kappa shape index (κ2) is 10.6. The molecule has 1 N–H and O–H groups in total. The summed E-state index contributed by atoms with van der Waals surface area (Å²) in [5.74, 6) is -1.96. The predicted octanol–water partition coefficient (Wildman–Crippen LogP) is 5.41. The van der Waals surface area contributed by atoms with Crippen LogP contribution in [0.1, 0.15) is 18.9 Å². The molecule has 0 aliphatic carbocycles. The standard InChI is InChI=1S/C21H18ClF3N4O2S/c1-3-8-29-20(12(2)31-18-7-5-13(23)9-15(18)22)27-28-21(29)32-11-19(30)26-17-6-4-14(24)10-16(17)25/h3-7,9-10,12H,1,8,11H2,2H3,(H,26,30). The van der Waals surface area contributed by atoms with Crippen molar-refractivity contribution in [2.45, 2.75) is 24.7 Å². The molecule has 0 aliphatic rings. The lowest BCUT2D eigenvalue weighted by Crippen LogP contribution is -2.16. The maximum absolute atomic E-state index is 13.7. The van der Waals surface area contributed by atoms with Gasteiger partial charge in [0.1, 0.15) is 23.2 Å². The van der Waals surface area contributed by atoms with Gasteiger partial charge < -0.3 is 10.1 Å². The number of nitrogens with one attached hydrogen (secondary N) is 1. The van der Waals surface area contributed by atoms with Crippen molar-refractivity contribution in [3.63, 3.8) is 0 Å². The number of amides is 1. The first-order chi connectivity index (χ1) is 15.3. The third kappa shape index (κ3) is 5.83. The molecule has 1 amide bonds. The molecule has 1 aromatic heterocycles. The molecule has 0 saturated carbocycles. The summed E-state index contributed by atoms with van der Waals surface area (Å²) in [5.41, 5.74) is -0.122. The van der Waals surface area contributed by atoms with Crippen LogP contribution in [0, 0.1) is 17.5 Å². The first-order valence-electron chi connectivity index (χ1n) is 9.32. The molecule has 0 bridgehead atoms. The fraction of sp³-hybridized carbons (Fsp3) is 0.190. The highest BCUT2D eigenvalue weighted by Crippen LogP contribution is 2.30. The summed E-state index contributed by atoms with van der Waals surface area (Å²) in [6, 6.07) is 6.66. The molecule has 11 heteroatoms. The number of ether oxygens (including phenoxy) is 1. The van der Waals surface area contributed by atoms with Gasteiger partial charge in [-0.1, -0.05) is 29.4 Å². The number of aromatic nitrogens is 3. The average Bonchev–Trinajstić information content (AvgIpc) is 3.13. The van der Waals surface area contributed by atoms with Crippen LogP contribution in [0.5, 0.6) is 5.75 Å². The van der Waals surface area contributed by atoms with Gasteiger partial charge in [0.15, 0.2) is 17.1 Å². The van der Waals surface area contributed by atoms with Crippen molar-refractivity contribution in [3.8, 4) is 5.75 Å². The Bertz CT molecular complexity index is 1140. The van der Waals surface area contributed by atoms with Gasteiger partial charge in [0.25, 0.3) is 0 Å². The Morgan fingerprint density at radius 1 is 1.25 bits per heavy atom. The SMILES string of the molecule is C=CCn1c(SCC(=O)Nc2ccc(F)cc2F)nnc1C(C)Oc1ccc(F)cc1Cl. The minimum absolute atomic E-state index is 0.0921. The lowest BCUT2D eigenvalue weighted by molar-refractivity contribution is -0.113. The molecule has 0 aliphatic heterocycles. The summed E-state index contributed by atoms with van der Waals surface area (Å²) in [5, 5.41) is 11.1. The molecule has 0 saturated heterocycles. The Kier molecular flexibility index (Phi) is 7.81. The van der Waals surface area contributed by atoms with Crippen LogP contribution in [0.15, 0.2) is 54.2 Å². The number of thioether (sulfide) groups is 1. The van der Waals surface area contributed by atoms with Gasteiger partial charge in [-0.05, 0) is 37.3 Å². The maximum Gasteiger partial charge on any atom is 0.234 e. The highest BCUT2D eigenvalue weighted by molar-refractivity contribution is 7.99. The molecule has 1 atom stereocenters. The molecular weight excluding hydrogens is 465 g/mol. The van der Waals surface area contributed by atoms with Crippen molar-refractivity contribution in [1.82, 2.24) is 14.8 Å². The van der Waals surface area contributed by atoms with E-state index in [2.05, 4.69) is 22.1 Å². The maximum atomic E-state index is 13.7. The van der Waals surface area contributed by atoms with E-state index in [-0.39, 0.29) is 22.2 Å². The summed E-state index contributed by atoms with van der Waals surface area (Å²) in [6.45, 7) is 5.77. The molecule has 0 radical (unpaired) electrons. The Morgan fingerprint density at radius 2 is 1.97 bits per heavy atom. The van der Waals surface area contributed by atoms with Crippen molar-refractivity contribution in [2.24, 2.45) is 0 Å². The van der Waals surface area contributed by atoms with Gasteiger partial charge in [0.2, 0.25) is 5.91 Å². The monoisotopic (exact) mass is 482 g/mol. The largest absolute Gasteiger partial charge is 0.481 e. The molecule has 0 spiro atoms. The Hall–Kier alpha value is -2.98. The Labute approximate surface area is 191 Å². The fourth-order valence-corrected chi connectivity index (χ4v) is 3.70. The number of carbonyl (C=O) groups excluding carboxylic acids is 1. The third-order valence-electron chi connectivity index (χ3n) is 4.16. The number of carbonyl (C=O) groups is 1. The van der Waals surface area contributed by atoms with Gasteiger partial charge in [-0.3, -0.25) is 9.36 Å². The van der Waals surface area contributed by atoms with E-state index in [1.807, 2.05) is 0 Å². The zero-order valence-electron chi connectivity index (χ0n) is 16.8. The number of hydrogen-bond donors (Lipinski definition) is 1. The van der Waals surface area contributed by atoms with Crippen LogP contribution in [-0.2, 0) is 11.3 Å². The van der Waals surface area contributed by atoms with Crippen LogP contribution >= 0.6 is 23.4 Å². The van der Waals surface area contributed by atoms with E-state index in [1.165, 1.54) is 12.1 Å². The number of anilines is 1.